The normalized spacial score (nSPS) is 14.5. The number of phenols is 1. The zero-order valence-corrected chi connectivity index (χ0v) is 19.9. The van der Waals surface area contributed by atoms with Crippen LogP contribution in [0.2, 0.25) is 0 Å². The van der Waals surface area contributed by atoms with E-state index in [0.29, 0.717) is 35.9 Å². The van der Waals surface area contributed by atoms with Gasteiger partial charge < -0.3 is 14.7 Å². The number of para-hydroxylation sites is 1. The highest BCUT2D eigenvalue weighted by atomic mass is 16.5. The van der Waals surface area contributed by atoms with Crippen LogP contribution in [0.4, 0.5) is 0 Å². The fourth-order valence-corrected chi connectivity index (χ4v) is 4.79. The summed E-state index contributed by atoms with van der Waals surface area (Å²) in [6.07, 6.45) is 3.47. The van der Waals surface area contributed by atoms with Crippen molar-refractivity contribution in [2.45, 2.75) is 19.2 Å². The maximum Gasteiger partial charge on any atom is 0.273 e. The van der Waals surface area contributed by atoms with E-state index in [1.54, 1.807) is 35.5 Å². The minimum absolute atomic E-state index is 0.105. The molecule has 1 aliphatic heterocycles. The van der Waals surface area contributed by atoms with Crippen LogP contribution in [-0.2, 0) is 13.2 Å². The number of amides is 1. The molecule has 37 heavy (non-hydrogen) atoms. The second-order valence-electron chi connectivity index (χ2n) is 8.92. The first-order valence-electron chi connectivity index (χ1n) is 12.0. The second-order valence-corrected chi connectivity index (χ2v) is 8.92. The Labute approximate surface area is 214 Å². The monoisotopic (exact) mass is 488 g/mol. The quantitative estimate of drug-likeness (QED) is 0.316. The van der Waals surface area contributed by atoms with Crippen LogP contribution < -0.4 is 4.74 Å². The van der Waals surface area contributed by atoms with Gasteiger partial charge in [-0.1, -0.05) is 60.7 Å². The SMILES string of the molecule is O=C1c2[nH]nc(-c3ccccc3O)c2C(c2cccc(OCc3ccccc3)c2)N1Cc1cccnc1. The number of aromatic nitrogens is 3. The summed E-state index contributed by atoms with van der Waals surface area (Å²) in [4.78, 5) is 19.7. The number of nitrogens with zero attached hydrogens (tertiary/aromatic N) is 3. The van der Waals surface area contributed by atoms with Gasteiger partial charge in [-0.3, -0.25) is 14.9 Å². The molecule has 0 saturated carbocycles. The van der Waals surface area contributed by atoms with Gasteiger partial charge in [-0.2, -0.15) is 5.10 Å². The molecule has 0 fully saturated rings. The summed E-state index contributed by atoms with van der Waals surface area (Å²) in [5.41, 5.74) is 5.15. The standard InChI is InChI=1S/C30H24N4O3/c35-25-14-5-4-13-24(25)27-26-28(33-32-27)30(36)34(18-21-10-7-15-31-17-21)29(26)22-11-6-12-23(16-22)37-19-20-8-2-1-3-9-20/h1-17,29,35H,18-19H2,(H,32,33). The first-order chi connectivity index (χ1) is 18.2. The average molecular weight is 489 g/mol. The van der Waals surface area contributed by atoms with Gasteiger partial charge in [0.05, 0.1) is 6.04 Å². The average Bonchev–Trinajstić information content (AvgIpc) is 3.48. The number of pyridine rings is 1. The third kappa shape index (κ3) is 4.31. The van der Waals surface area contributed by atoms with E-state index in [9.17, 15) is 9.90 Å². The van der Waals surface area contributed by atoms with E-state index in [1.165, 1.54) is 0 Å². The van der Waals surface area contributed by atoms with Crippen molar-refractivity contribution in [1.82, 2.24) is 20.1 Å². The summed E-state index contributed by atoms with van der Waals surface area (Å²) in [5, 5.41) is 18.0. The van der Waals surface area contributed by atoms with Crippen molar-refractivity contribution in [3.05, 3.63) is 131 Å². The van der Waals surface area contributed by atoms with Crippen molar-refractivity contribution in [2.75, 3.05) is 0 Å². The smallest absolute Gasteiger partial charge is 0.273 e. The molecule has 6 rings (SSSR count). The molecule has 3 heterocycles. The minimum Gasteiger partial charge on any atom is -0.507 e. The van der Waals surface area contributed by atoms with Crippen molar-refractivity contribution in [3.63, 3.8) is 0 Å². The summed E-state index contributed by atoms with van der Waals surface area (Å²) in [6.45, 7) is 0.808. The molecule has 1 aliphatic rings. The van der Waals surface area contributed by atoms with Crippen molar-refractivity contribution < 1.29 is 14.6 Å². The van der Waals surface area contributed by atoms with Gasteiger partial charge in [0, 0.05) is 30.1 Å². The van der Waals surface area contributed by atoms with E-state index in [2.05, 4.69) is 15.2 Å². The predicted octanol–water partition coefficient (Wildman–Crippen LogP) is 5.50. The Morgan fingerprint density at radius 3 is 2.54 bits per heavy atom. The van der Waals surface area contributed by atoms with Gasteiger partial charge in [0.1, 0.15) is 29.5 Å². The van der Waals surface area contributed by atoms with Gasteiger partial charge in [-0.25, -0.2) is 0 Å². The van der Waals surface area contributed by atoms with E-state index < -0.39 is 6.04 Å². The molecule has 7 heteroatoms. The number of hydrogen-bond acceptors (Lipinski definition) is 5. The van der Waals surface area contributed by atoms with Crippen LogP contribution in [0.3, 0.4) is 0 Å². The van der Waals surface area contributed by atoms with E-state index in [0.717, 1.165) is 22.3 Å². The number of H-pyrrole nitrogens is 1. The summed E-state index contributed by atoms with van der Waals surface area (Å²) < 4.78 is 6.10. The molecule has 0 spiro atoms. The number of fused-ring (bicyclic) bond motifs is 1. The highest BCUT2D eigenvalue weighted by Gasteiger charge is 2.42. The molecule has 0 aliphatic carbocycles. The van der Waals surface area contributed by atoms with Gasteiger partial charge in [-0.05, 0) is 47.0 Å². The number of carbonyl (C=O) groups is 1. The van der Waals surface area contributed by atoms with E-state index >= 15 is 0 Å². The number of rotatable bonds is 7. The summed E-state index contributed by atoms with van der Waals surface area (Å²) >= 11 is 0. The number of phenolic OH excluding ortho intramolecular Hbond substituents is 1. The molecule has 1 unspecified atom stereocenters. The van der Waals surface area contributed by atoms with Crippen LogP contribution in [-0.4, -0.2) is 31.1 Å². The van der Waals surface area contributed by atoms with Crippen LogP contribution in [0.15, 0.2) is 103 Å². The number of ether oxygens (including phenoxy) is 1. The van der Waals surface area contributed by atoms with Crippen molar-refractivity contribution in [1.29, 1.82) is 0 Å². The maximum atomic E-state index is 13.7. The molecule has 5 aromatic rings. The predicted molar refractivity (Wildman–Crippen MR) is 139 cm³/mol. The van der Waals surface area contributed by atoms with Gasteiger partial charge in [0.15, 0.2) is 0 Å². The molecule has 0 radical (unpaired) electrons. The minimum atomic E-state index is -0.434. The molecular weight excluding hydrogens is 464 g/mol. The first-order valence-corrected chi connectivity index (χ1v) is 12.0. The number of aromatic hydroxyl groups is 1. The van der Waals surface area contributed by atoms with Crippen LogP contribution in [0.5, 0.6) is 11.5 Å². The number of nitrogens with one attached hydrogen (secondary N) is 1. The first kappa shape index (κ1) is 22.5. The Bertz CT molecular complexity index is 1550. The summed E-state index contributed by atoms with van der Waals surface area (Å²) in [5.74, 6) is 0.651. The second kappa shape index (κ2) is 9.62. The van der Waals surface area contributed by atoms with Gasteiger partial charge in [-0.15, -0.1) is 0 Å². The largest absolute Gasteiger partial charge is 0.507 e. The highest BCUT2D eigenvalue weighted by molar-refractivity contribution is 6.00. The number of carbonyl (C=O) groups excluding carboxylic acids is 1. The number of aromatic amines is 1. The molecule has 2 aromatic heterocycles. The Balaban J connectivity index is 1.42. The fraction of sp³-hybridized carbons (Fsp3) is 0.100. The maximum absolute atomic E-state index is 13.7. The molecule has 1 amide bonds. The Morgan fingerprint density at radius 2 is 1.73 bits per heavy atom. The zero-order valence-electron chi connectivity index (χ0n) is 19.9. The lowest BCUT2D eigenvalue weighted by Gasteiger charge is -2.27. The Hall–Kier alpha value is -4.91. The van der Waals surface area contributed by atoms with Crippen molar-refractivity contribution in [2.24, 2.45) is 0 Å². The summed E-state index contributed by atoms with van der Waals surface area (Å²) in [7, 11) is 0. The van der Waals surface area contributed by atoms with Crippen LogP contribution in [0.1, 0.15) is 38.8 Å². The topological polar surface area (TPSA) is 91.3 Å². The van der Waals surface area contributed by atoms with Crippen LogP contribution in [0.25, 0.3) is 11.3 Å². The van der Waals surface area contributed by atoms with Crippen LogP contribution >= 0.6 is 0 Å². The van der Waals surface area contributed by atoms with Crippen molar-refractivity contribution >= 4 is 5.91 Å². The summed E-state index contributed by atoms with van der Waals surface area (Å²) in [6, 6.07) is 28.2. The molecule has 1 atom stereocenters. The van der Waals surface area contributed by atoms with E-state index in [-0.39, 0.29) is 11.7 Å². The molecule has 182 valence electrons. The molecule has 3 aromatic carbocycles. The number of hydrogen-bond donors (Lipinski definition) is 2. The number of benzene rings is 3. The highest BCUT2D eigenvalue weighted by Crippen LogP contribution is 2.45. The molecule has 0 saturated heterocycles. The fourth-order valence-electron chi connectivity index (χ4n) is 4.79. The third-order valence-electron chi connectivity index (χ3n) is 6.52. The van der Waals surface area contributed by atoms with Crippen molar-refractivity contribution in [3.8, 4) is 22.8 Å². The van der Waals surface area contributed by atoms with Gasteiger partial charge in [0.25, 0.3) is 5.91 Å². The third-order valence-corrected chi connectivity index (χ3v) is 6.52. The lowest BCUT2D eigenvalue weighted by Crippen LogP contribution is -2.29. The zero-order chi connectivity index (χ0) is 25.2. The van der Waals surface area contributed by atoms with Crippen LogP contribution in [0, 0.1) is 0 Å². The molecule has 0 bridgehead atoms. The molecule has 7 nitrogen and oxygen atoms in total. The van der Waals surface area contributed by atoms with Gasteiger partial charge >= 0.3 is 0 Å². The van der Waals surface area contributed by atoms with E-state index in [1.807, 2.05) is 72.8 Å². The Morgan fingerprint density at radius 1 is 0.919 bits per heavy atom. The lowest BCUT2D eigenvalue weighted by molar-refractivity contribution is 0.0729. The lowest BCUT2D eigenvalue weighted by atomic mass is 9.95. The van der Waals surface area contributed by atoms with E-state index in [4.69, 9.17) is 4.74 Å². The molecule has 2 N–H and O–H groups in total. The Kier molecular flexibility index (Phi) is 5.86. The molecular formula is C30H24N4O3. The van der Waals surface area contributed by atoms with Gasteiger partial charge in [0.2, 0.25) is 0 Å².